The number of nitrogens with one attached hydrogen (secondary N) is 1. The quantitative estimate of drug-likeness (QED) is 0.492. The minimum Gasteiger partial charge on any atom is -0.352 e. The van der Waals surface area contributed by atoms with E-state index in [1.165, 1.54) is 43.3 Å². The van der Waals surface area contributed by atoms with Crippen LogP contribution in [0, 0.1) is 19.7 Å². The number of hydrogen-bond acceptors (Lipinski definition) is 4. The molecular weight excluding hydrogens is 483 g/mol. The van der Waals surface area contributed by atoms with E-state index in [1.807, 2.05) is 26.8 Å². The number of carbonyl (C=O) groups excluding carboxylic acids is 2. The molecule has 0 heterocycles. The Bertz CT molecular complexity index is 1170. The first-order chi connectivity index (χ1) is 16.8. The minimum atomic E-state index is -4.04. The number of benzene rings is 2. The van der Waals surface area contributed by atoms with E-state index in [4.69, 9.17) is 0 Å². The lowest BCUT2D eigenvalue weighted by molar-refractivity contribution is -0.139. The molecular formula is C26H37FN4O4S. The lowest BCUT2D eigenvalue weighted by atomic mass is 10.1. The van der Waals surface area contributed by atoms with Crippen LogP contribution >= 0.6 is 0 Å². The van der Waals surface area contributed by atoms with Gasteiger partial charge in [-0.3, -0.25) is 9.59 Å². The standard InChI is InChI=1S/C26H37FN4O4S/c1-8-20(4)28-26(33)21(5)30(16-22-11-13-23(27)14-12-22)25(32)17-31(36(34,35)29(6)7)24-15-18(2)9-10-19(24)3/h9-15,20-21H,8,16-17H2,1-7H3,(H,28,33)/t20-,21-/m0/s1. The van der Waals surface area contributed by atoms with Gasteiger partial charge in [0.15, 0.2) is 0 Å². The van der Waals surface area contributed by atoms with Crippen LogP contribution in [0.15, 0.2) is 42.5 Å². The van der Waals surface area contributed by atoms with Crippen molar-refractivity contribution >= 4 is 27.7 Å². The highest BCUT2D eigenvalue weighted by molar-refractivity contribution is 7.90. The van der Waals surface area contributed by atoms with Crippen molar-refractivity contribution in [2.45, 2.75) is 59.7 Å². The van der Waals surface area contributed by atoms with Gasteiger partial charge in [0.2, 0.25) is 11.8 Å². The molecule has 2 aromatic rings. The number of anilines is 1. The highest BCUT2D eigenvalue weighted by Gasteiger charge is 2.33. The molecule has 0 saturated carbocycles. The van der Waals surface area contributed by atoms with Crippen molar-refractivity contribution in [1.29, 1.82) is 0 Å². The lowest BCUT2D eigenvalue weighted by Crippen LogP contribution is -2.53. The second kappa shape index (κ2) is 12.3. The summed E-state index contributed by atoms with van der Waals surface area (Å²) in [4.78, 5) is 28.0. The summed E-state index contributed by atoms with van der Waals surface area (Å²) in [5.41, 5.74) is 2.52. The van der Waals surface area contributed by atoms with Crippen molar-refractivity contribution in [1.82, 2.24) is 14.5 Å². The zero-order valence-corrected chi connectivity index (χ0v) is 22.9. The first-order valence-electron chi connectivity index (χ1n) is 11.9. The van der Waals surface area contributed by atoms with Gasteiger partial charge in [-0.05, 0) is 69.0 Å². The fourth-order valence-electron chi connectivity index (χ4n) is 3.52. The molecule has 0 bridgehead atoms. The van der Waals surface area contributed by atoms with Crippen LogP contribution in [0.25, 0.3) is 0 Å². The Kier molecular flexibility index (Phi) is 10.0. The second-order valence-electron chi connectivity index (χ2n) is 9.23. The van der Waals surface area contributed by atoms with Crippen LogP contribution in [-0.4, -0.2) is 62.2 Å². The SMILES string of the molecule is CC[C@H](C)NC(=O)[C@H](C)N(Cc1ccc(F)cc1)C(=O)CN(c1cc(C)ccc1C)S(=O)(=O)N(C)C. The van der Waals surface area contributed by atoms with Crippen LogP contribution < -0.4 is 9.62 Å². The fourth-order valence-corrected chi connectivity index (χ4v) is 4.64. The lowest BCUT2D eigenvalue weighted by Gasteiger charge is -2.33. The first-order valence-corrected chi connectivity index (χ1v) is 13.3. The molecule has 0 aromatic heterocycles. The van der Waals surface area contributed by atoms with E-state index < -0.39 is 34.5 Å². The van der Waals surface area contributed by atoms with Crippen molar-refractivity contribution in [3.05, 3.63) is 65.0 Å². The monoisotopic (exact) mass is 520 g/mol. The van der Waals surface area contributed by atoms with E-state index in [1.54, 1.807) is 26.0 Å². The van der Waals surface area contributed by atoms with Crippen LogP contribution in [0.2, 0.25) is 0 Å². The summed E-state index contributed by atoms with van der Waals surface area (Å²) in [6.07, 6.45) is 0.714. The summed E-state index contributed by atoms with van der Waals surface area (Å²) in [6, 6.07) is 10.0. The smallest absolute Gasteiger partial charge is 0.304 e. The van der Waals surface area contributed by atoms with Gasteiger partial charge in [-0.1, -0.05) is 31.2 Å². The van der Waals surface area contributed by atoms with Crippen molar-refractivity contribution in [2.75, 3.05) is 24.9 Å². The molecule has 0 aliphatic rings. The molecule has 2 amide bonds. The fraction of sp³-hybridized carbons (Fsp3) is 0.462. The van der Waals surface area contributed by atoms with Gasteiger partial charge >= 0.3 is 10.2 Å². The number of amides is 2. The number of halogens is 1. The Morgan fingerprint density at radius 3 is 2.19 bits per heavy atom. The number of rotatable bonds is 11. The van der Waals surface area contributed by atoms with Gasteiger partial charge in [0, 0.05) is 26.7 Å². The highest BCUT2D eigenvalue weighted by Crippen LogP contribution is 2.26. The Labute approximate surface area is 214 Å². The minimum absolute atomic E-state index is 0.0108. The topological polar surface area (TPSA) is 90.0 Å². The van der Waals surface area contributed by atoms with E-state index in [-0.39, 0.29) is 18.5 Å². The number of hydrogen-bond donors (Lipinski definition) is 1. The molecule has 10 heteroatoms. The van der Waals surface area contributed by atoms with Gasteiger partial charge in [-0.2, -0.15) is 12.7 Å². The summed E-state index contributed by atoms with van der Waals surface area (Å²) in [5, 5.41) is 2.88. The molecule has 2 atom stereocenters. The van der Waals surface area contributed by atoms with Crippen molar-refractivity contribution < 1.29 is 22.4 Å². The molecule has 2 aromatic carbocycles. The van der Waals surface area contributed by atoms with E-state index >= 15 is 0 Å². The third kappa shape index (κ3) is 7.27. The summed E-state index contributed by atoms with van der Waals surface area (Å²) in [7, 11) is -1.24. The maximum atomic E-state index is 13.7. The number of aryl methyl sites for hydroxylation is 2. The average molecular weight is 521 g/mol. The second-order valence-corrected chi connectivity index (χ2v) is 11.3. The summed E-state index contributed by atoms with van der Waals surface area (Å²) in [5.74, 6) is -1.33. The van der Waals surface area contributed by atoms with Gasteiger partial charge in [0.05, 0.1) is 5.69 Å². The predicted octanol–water partition coefficient (Wildman–Crippen LogP) is 3.39. The summed E-state index contributed by atoms with van der Waals surface area (Å²) in [6.45, 7) is 8.52. The molecule has 0 aliphatic heterocycles. The van der Waals surface area contributed by atoms with E-state index in [2.05, 4.69) is 5.32 Å². The van der Waals surface area contributed by atoms with E-state index in [0.29, 0.717) is 23.2 Å². The Morgan fingerprint density at radius 2 is 1.64 bits per heavy atom. The van der Waals surface area contributed by atoms with Crippen LogP contribution in [0.1, 0.15) is 43.9 Å². The Balaban J connectivity index is 2.49. The zero-order valence-electron chi connectivity index (χ0n) is 22.1. The molecule has 1 N–H and O–H groups in total. The van der Waals surface area contributed by atoms with Crippen LogP contribution in [0.5, 0.6) is 0 Å². The number of carbonyl (C=O) groups is 2. The maximum Gasteiger partial charge on any atom is 0.304 e. The Morgan fingerprint density at radius 1 is 1.03 bits per heavy atom. The molecule has 198 valence electrons. The average Bonchev–Trinajstić information content (AvgIpc) is 2.82. The van der Waals surface area contributed by atoms with Gasteiger partial charge in [-0.25, -0.2) is 8.70 Å². The van der Waals surface area contributed by atoms with E-state index in [9.17, 15) is 22.4 Å². The van der Waals surface area contributed by atoms with E-state index in [0.717, 1.165) is 14.2 Å². The molecule has 0 unspecified atom stereocenters. The van der Waals surface area contributed by atoms with Gasteiger partial charge in [-0.15, -0.1) is 0 Å². The molecule has 8 nitrogen and oxygen atoms in total. The van der Waals surface area contributed by atoms with Crippen molar-refractivity contribution in [2.24, 2.45) is 0 Å². The van der Waals surface area contributed by atoms with Crippen LogP contribution in [0.4, 0.5) is 10.1 Å². The van der Waals surface area contributed by atoms with Gasteiger partial charge < -0.3 is 10.2 Å². The third-order valence-corrected chi connectivity index (χ3v) is 7.89. The summed E-state index contributed by atoms with van der Waals surface area (Å²) < 4.78 is 42.2. The zero-order chi connectivity index (χ0) is 27.2. The third-order valence-electron chi connectivity index (χ3n) is 6.09. The molecule has 0 saturated heterocycles. The van der Waals surface area contributed by atoms with Crippen molar-refractivity contribution in [3.63, 3.8) is 0 Å². The molecule has 36 heavy (non-hydrogen) atoms. The predicted molar refractivity (Wildman–Crippen MR) is 140 cm³/mol. The van der Waals surface area contributed by atoms with Crippen LogP contribution in [0.3, 0.4) is 0 Å². The first kappa shape index (κ1) is 29.3. The molecule has 2 rings (SSSR count). The summed E-state index contributed by atoms with van der Waals surface area (Å²) >= 11 is 0. The highest BCUT2D eigenvalue weighted by atomic mass is 32.2. The largest absolute Gasteiger partial charge is 0.352 e. The molecule has 0 fully saturated rings. The number of nitrogens with zero attached hydrogens (tertiary/aromatic N) is 3. The van der Waals surface area contributed by atoms with Gasteiger partial charge in [0.1, 0.15) is 18.4 Å². The Hall–Kier alpha value is -2.98. The van der Waals surface area contributed by atoms with Crippen LogP contribution in [-0.2, 0) is 26.3 Å². The maximum absolute atomic E-state index is 13.7. The molecule has 0 aliphatic carbocycles. The van der Waals surface area contributed by atoms with Gasteiger partial charge in [0.25, 0.3) is 0 Å². The molecule has 0 radical (unpaired) electrons. The van der Waals surface area contributed by atoms with Crippen molar-refractivity contribution in [3.8, 4) is 0 Å². The molecule has 0 spiro atoms. The normalized spacial score (nSPS) is 13.2.